The van der Waals surface area contributed by atoms with E-state index in [1.54, 1.807) is 34.7 Å². The van der Waals surface area contributed by atoms with Gasteiger partial charge in [-0.15, -0.1) is 23.5 Å². The number of hydrogen-bond acceptors (Lipinski definition) is 6. The van der Waals surface area contributed by atoms with Crippen LogP contribution >= 0.6 is 34.9 Å². The maximum Gasteiger partial charge on any atom is 0.260 e. The predicted molar refractivity (Wildman–Crippen MR) is 119 cm³/mol. The van der Waals surface area contributed by atoms with Crippen LogP contribution in [0.1, 0.15) is 16.1 Å². The normalized spacial score (nSPS) is 11.1. The molecule has 0 saturated carbocycles. The SMILES string of the molecule is CSc1cccc(C(=O)N(Cc2ccco2)c2nc3ccc(SC)cc3s2)c1. The van der Waals surface area contributed by atoms with Crippen LogP contribution in [0.25, 0.3) is 10.2 Å². The average Bonchev–Trinajstić information content (AvgIpc) is 3.40. The Bertz CT molecular complexity index is 1110. The molecule has 4 nitrogen and oxygen atoms in total. The van der Waals surface area contributed by atoms with Crippen molar-refractivity contribution in [2.45, 2.75) is 16.3 Å². The summed E-state index contributed by atoms with van der Waals surface area (Å²) < 4.78 is 6.57. The number of nitrogens with zero attached hydrogens (tertiary/aromatic N) is 2. The van der Waals surface area contributed by atoms with E-state index in [-0.39, 0.29) is 5.91 Å². The van der Waals surface area contributed by atoms with Gasteiger partial charge in [-0.05, 0) is 61.0 Å². The summed E-state index contributed by atoms with van der Waals surface area (Å²) in [4.78, 5) is 22.0. The summed E-state index contributed by atoms with van der Waals surface area (Å²) >= 11 is 4.83. The van der Waals surface area contributed by atoms with Gasteiger partial charge in [0.25, 0.3) is 5.91 Å². The van der Waals surface area contributed by atoms with Crippen molar-refractivity contribution in [3.63, 3.8) is 0 Å². The third kappa shape index (κ3) is 3.97. The summed E-state index contributed by atoms with van der Waals surface area (Å²) in [5.74, 6) is 0.634. The van der Waals surface area contributed by atoms with Crippen molar-refractivity contribution in [1.82, 2.24) is 4.98 Å². The second kappa shape index (κ2) is 8.43. The minimum atomic E-state index is -0.0866. The Balaban J connectivity index is 1.75. The maximum absolute atomic E-state index is 13.4. The Hall–Kier alpha value is -2.22. The highest BCUT2D eigenvalue weighted by Gasteiger charge is 2.23. The van der Waals surface area contributed by atoms with E-state index in [4.69, 9.17) is 9.40 Å². The first-order valence-electron chi connectivity index (χ1n) is 8.61. The van der Waals surface area contributed by atoms with Crippen molar-refractivity contribution in [3.05, 3.63) is 72.2 Å². The summed E-state index contributed by atoms with van der Waals surface area (Å²) in [5, 5.41) is 0.671. The molecule has 1 amide bonds. The van der Waals surface area contributed by atoms with Gasteiger partial charge in [-0.3, -0.25) is 9.69 Å². The van der Waals surface area contributed by atoms with Crippen LogP contribution < -0.4 is 4.90 Å². The number of hydrogen-bond donors (Lipinski definition) is 0. The van der Waals surface area contributed by atoms with Gasteiger partial charge < -0.3 is 4.42 Å². The molecule has 2 aromatic carbocycles. The zero-order chi connectivity index (χ0) is 19.5. The summed E-state index contributed by atoms with van der Waals surface area (Å²) in [6, 6.07) is 17.5. The van der Waals surface area contributed by atoms with Crippen molar-refractivity contribution in [3.8, 4) is 0 Å². The molecular weight excluding hydrogens is 408 g/mol. The van der Waals surface area contributed by atoms with E-state index in [1.807, 2.05) is 48.7 Å². The summed E-state index contributed by atoms with van der Waals surface area (Å²) in [6.07, 6.45) is 5.67. The van der Waals surface area contributed by atoms with E-state index < -0.39 is 0 Å². The highest BCUT2D eigenvalue weighted by atomic mass is 32.2. The van der Waals surface area contributed by atoms with E-state index in [9.17, 15) is 4.79 Å². The standard InChI is InChI=1S/C21H18N2O2S3/c1-26-16-7-3-5-14(11-16)20(24)23(13-15-6-4-10-25-15)21-22-18-9-8-17(27-2)12-19(18)28-21/h3-12H,13H2,1-2H3. The molecule has 0 aliphatic rings. The summed E-state index contributed by atoms with van der Waals surface area (Å²) in [6.45, 7) is 0.338. The Morgan fingerprint density at radius 3 is 2.64 bits per heavy atom. The van der Waals surface area contributed by atoms with Gasteiger partial charge in [0, 0.05) is 15.4 Å². The molecule has 7 heteroatoms. The summed E-state index contributed by atoms with van der Waals surface area (Å²) in [5.41, 5.74) is 1.54. The Labute approximate surface area is 176 Å². The van der Waals surface area contributed by atoms with Crippen molar-refractivity contribution in [2.24, 2.45) is 0 Å². The third-order valence-corrected chi connectivity index (χ3v) is 6.76. The molecule has 0 N–H and O–H groups in total. The van der Waals surface area contributed by atoms with Crippen molar-refractivity contribution >= 4 is 56.1 Å². The number of thiazole rings is 1. The number of benzene rings is 2. The lowest BCUT2D eigenvalue weighted by atomic mass is 10.2. The van der Waals surface area contributed by atoms with E-state index in [0.29, 0.717) is 17.2 Å². The molecule has 0 aliphatic heterocycles. The fourth-order valence-electron chi connectivity index (χ4n) is 2.83. The number of thioether (sulfide) groups is 2. The minimum absolute atomic E-state index is 0.0866. The molecule has 0 saturated heterocycles. The molecule has 0 spiro atoms. The molecule has 2 heterocycles. The van der Waals surface area contributed by atoms with Gasteiger partial charge in [-0.25, -0.2) is 4.98 Å². The Morgan fingerprint density at radius 1 is 1.07 bits per heavy atom. The molecule has 0 aliphatic carbocycles. The van der Waals surface area contributed by atoms with E-state index in [1.165, 1.54) is 16.2 Å². The van der Waals surface area contributed by atoms with E-state index in [2.05, 4.69) is 18.4 Å². The maximum atomic E-state index is 13.4. The number of carbonyl (C=O) groups is 1. The van der Waals surface area contributed by atoms with Gasteiger partial charge in [0.05, 0.1) is 23.0 Å². The van der Waals surface area contributed by atoms with Gasteiger partial charge in [0.15, 0.2) is 5.13 Å². The molecule has 0 radical (unpaired) electrons. The van der Waals surface area contributed by atoms with Crippen LogP contribution in [-0.2, 0) is 6.54 Å². The first kappa shape index (κ1) is 19.1. The van der Waals surface area contributed by atoms with E-state index in [0.717, 1.165) is 20.9 Å². The second-order valence-corrected chi connectivity index (χ2v) is 8.80. The van der Waals surface area contributed by atoms with Crippen LogP contribution in [0, 0.1) is 0 Å². The van der Waals surface area contributed by atoms with Gasteiger partial charge >= 0.3 is 0 Å². The molecular formula is C21H18N2O2S3. The lowest BCUT2D eigenvalue weighted by Gasteiger charge is -2.19. The molecule has 2 aromatic heterocycles. The largest absolute Gasteiger partial charge is 0.467 e. The van der Waals surface area contributed by atoms with Crippen molar-refractivity contribution < 1.29 is 9.21 Å². The minimum Gasteiger partial charge on any atom is -0.467 e. The average molecular weight is 427 g/mol. The zero-order valence-electron chi connectivity index (χ0n) is 15.4. The van der Waals surface area contributed by atoms with Crippen LogP contribution in [0.2, 0.25) is 0 Å². The molecule has 0 atom stereocenters. The zero-order valence-corrected chi connectivity index (χ0v) is 17.9. The van der Waals surface area contributed by atoms with Crippen molar-refractivity contribution in [1.29, 1.82) is 0 Å². The number of furan rings is 1. The van der Waals surface area contributed by atoms with Crippen LogP contribution in [0.5, 0.6) is 0 Å². The molecule has 0 fully saturated rings. The van der Waals surface area contributed by atoms with Crippen LogP contribution in [-0.4, -0.2) is 23.4 Å². The predicted octanol–water partition coefficient (Wildman–Crippen LogP) is 6.18. The molecule has 28 heavy (non-hydrogen) atoms. The third-order valence-electron chi connectivity index (χ3n) is 4.27. The lowest BCUT2D eigenvalue weighted by Crippen LogP contribution is -2.30. The summed E-state index contributed by atoms with van der Waals surface area (Å²) in [7, 11) is 0. The second-order valence-electron chi connectivity index (χ2n) is 6.03. The highest BCUT2D eigenvalue weighted by Crippen LogP contribution is 2.33. The molecule has 0 bridgehead atoms. The monoisotopic (exact) mass is 426 g/mol. The van der Waals surface area contributed by atoms with Crippen LogP contribution in [0.4, 0.5) is 5.13 Å². The number of aromatic nitrogens is 1. The Morgan fingerprint density at radius 2 is 1.89 bits per heavy atom. The highest BCUT2D eigenvalue weighted by molar-refractivity contribution is 7.98. The number of rotatable bonds is 6. The van der Waals surface area contributed by atoms with Gasteiger partial charge in [0.1, 0.15) is 5.76 Å². The number of anilines is 1. The first-order valence-corrected chi connectivity index (χ1v) is 11.9. The van der Waals surface area contributed by atoms with Crippen LogP contribution in [0.15, 0.2) is 75.1 Å². The fraction of sp³-hybridized carbons (Fsp3) is 0.143. The van der Waals surface area contributed by atoms with Crippen LogP contribution in [0.3, 0.4) is 0 Å². The number of carbonyl (C=O) groups excluding carboxylic acids is 1. The fourth-order valence-corrected chi connectivity index (χ4v) is 4.81. The molecule has 4 rings (SSSR count). The first-order chi connectivity index (χ1) is 13.7. The van der Waals surface area contributed by atoms with Gasteiger partial charge in [-0.2, -0.15) is 0 Å². The quantitative estimate of drug-likeness (QED) is 0.345. The lowest BCUT2D eigenvalue weighted by molar-refractivity contribution is 0.0983. The number of fused-ring (bicyclic) bond motifs is 1. The molecule has 142 valence electrons. The molecule has 0 unspecified atom stereocenters. The topological polar surface area (TPSA) is 46.3 Å². The van der Waals surface area contributed by atoms with Crippen molar-refractivity contribution in [2.75, 3.05) is 17.4 Å². The number of amides is 1. The smallest absolute Gasteiger partial charge is 0.260 e. The van der Waals surface area contributed by atoms with Gasteiger partial charge in [0.2, 0.25) is 0 Å². The van der Waals surface area contributed by atoms with Gasteiger partial charge in [-0.1, -0.05) is 17.4 Å². The van der Waals surface area contributed by atoms with E-state index >= 15 is 0 Å². The Kier molecular flexibility index (Phi) is 5.75. The molecule has 4 aromatic rings.